The molecule has 2 aliphatic rings. The summed E-state index contributed by atoms with van der Waals surface area (Å²) in [5.74, 6) is 0.758. The number of carboxylic acid groups (broad SMARTS) is 1. The molecule has 2 aromatic carbocycles. The Kier molecular flexibility index (Phi) is 17.2. The fourth-order valence-electron chi connectivity index (χ4n) is 9.24. The van der Waals surface area contributed by atoms with Gasteiger partial charge in [-0.3, -0.25) is 20.4 Å². The number of carbonyl (C=O) groups is 2. The Hall–Kier alpha value is -6.74. The number of benzene rings is 2. The maximum absolute atomic E-state index is 13.0. The maximum atomic E-state index is 13.0. The number of hydrazine groups is 1. The lowest BCUT2D eigenvalue weighted by Crippen LogP contribution is -2.36. The molecule has 0 spiro atoms. The fraction of sp³-hybridized carbons (Fsp3) is 0.429. The summed E-state index contributed by atoms with van der Waals surface area (Å²) in [6.07, 6.45) is 13.9. The zero-order valence-electron chi connectivity index (χ0n) is 39.2. The minimum atomic E-state index is -3.81. The number of aliphatic carboxylic acids is 1. The average molecular weight is 978 g/mol. The highest BCUT2D eigenvalue weighted by Gasteiger charge is 2.38. The molecule has 20 heteroatoms. The van der Waals surface area contributed by atoms with Crippen LogP contribution in [0.1, 0.15) is 94.9 Å². The van der Waals surface area contributed by atoms with E-state index in [2.05, 4.69) is 49.8 Å². The summed E-state index contributed by atoms with van der Waals surface area (Å²) in [5.41, 5.74) is 15.0. The lowest BCUT2D eigenvalue weighted by atomic mass is 9.93. The Morgan fingerprint density at radius 2 is 1.17 bits per heavy atom. The predicted octanol–water partition coefficient (Wildman–Crippen LogP) is 7.64. The highest BCUT2D eigenvalue weighted by molar-refractivity contribution is 7.90. The van der Waals surface area contributed by atoms with Gasteiger partial charge in [-0.25, -0.2) is 44.7 Å². The highest BCUT2D eigenvalue weighted by atomic mass is 32.2. The number of fused-ring (bicyclic) bond motifs is 2. The third-order valence-corrected chi connectivity index (χ3v) is 16.4. The molecule has 364 valence electrons. The van der Waals surface area contributed by atoms with Gasteiger partial charge < -0.3 is 10.8 Å². The molecule has 0 unspecified atom stereocenters. The van der Waals surface area contributed by atoms with Gasteiger partial charge in [-0.15, -0.1) is 0 Å². The summed E-state index contributed by atoms with van der Waals surface area (Å²) in [6, 6.07) is 20.8. The van der Waals surface area contributed by atoms with Crippen LogP contribution in [0, 0.1) is 72.0 Å². The van der Waals surface area contributed by atoms with E-state index in [-0.39, 0.29) is 39.7 Å². The number of nitrogens with zero attached hydrogens (tertiary/aromatic N) is 8. The van der Waals surface area contributed by atoms with Crippen LogP contribution in [0.15, 0.2) is 95.2 Å². The van der Waals surface area contributed by atoms with E-state index in [0.717, 1.165) is 70.4 Å². The predicted molar refractivity (Wildman–Crippen MR) is 260 cm³/mol. The minimum Gasteiger partial charge on any atom is -0.481 e. The second-order valence-corrected chi connectivity index (χ2v) is 21.3. The molecule has 69 heavy (non-hydrogen) atoms. The van der Waals surface area contributed by atoms with Crippen molar-refractivity contribution in [1.82, 2.24) is 33.3 Å². The van der Waals surface area contributed by atoms with Crippen LogP contribution in [0.25, 0.3) is 22.3 Å². The lowest BCUT2D eigenvalue weighted by Gasteiger charge is -2.17. The van der Waals surface area contributed by atoms with E-state index in [1.165, 1.54) is 24.8 Å². The largest absolute Gasteiger partial charge is 0.481 e. The molecule has 8 rings (SSSR count). The summed E-state index contributed by atoms with van der Waals surface area (Å²) in [5, 5.41) is 26.3. The van der Waals surface area contributed by atoms with Crippen LogP contribution in [-0.2, 0) is 36.2 Å². The summed E-state index contributed by atoms with van der Waals surface area (Å²) in [4.78, 5) is 41.2. The van der Waals surface area contributed by atoms with Gasteiger partial charge in [0.1, 0.15) is 11.0 Å². The van der Waals surface area contributed by atoms with Crippen molar-refractivity contribution in [2.45, 2.75) is 108 Å². The van der Waals surface area contributed by atoms with E-state index >= 15 is 0 Å². The Morgan fingerprint density at radius 3 is 1.62 bits per heavy atom. The van der Waals surface area contributed by atoms with Gasteiger partial charge in [-0.2, -0.15) is 10.5 Å². The van der Waals surface area contributed by atoms with Crippen LogP contribution in [0.5, 0.6) is 0 Å². The zero-order chi connectivity index (χ0) is 49.9. The van der Waals surface area contributed by atoms with Crippen molar-refractivity contribution in [2.24, 2.45) is 41.2 Å². The zero-order valence-corrected chi connectivity index (χ0v) is 40.8. The number of anilines is 1. The first kappa shape index (κ1) is 51.6. The standard InChI is InChI=1S/C24H28N6O3S.C14H14N4O2S.C11H17NO2/c1-3-18-13-17(5-4-11-25)14-20(18)24(31)29-28-22-15-26-23-21(27-22)10-12-30(23)34(32,33)19-8-6-16(2)7-9-19;1-10-2-4-12(5-3-10)21(19,20)18-7-6-13-14(18)16-9-11(8-15)17-13;1-2-9-6-8(4-3-5-12)7-10(9)11(13)14/h6-10,12,15,17-18,20H,3-5,13-14H2,1-2H3,(H,27,28)(H,29,31);2-7,9H,8,15H2,1H3;8-10H,2-4,6-7H2,1H3,(H,13,14)/t17-,18+,20-;;8-,9+,10-/m0.0/s1. The van der Waals surface area contributed by atoms with E-state index in [1.54, 1.807) is 60.7 Å². The topological polar surface area (TPSA) is 282 Å². The van der Waals surface area contributed by atoms with Crippen molar-refractivity contribution in [2.75, 3.05) is 5.43 Å². The number of hydrogen-bond acceptors (Lipinski definition) is 14. The number of aromatic nitrogens is 6. The Labute approximate surface area is 403 Å². The van der Waals surface area contributed by atoms with Crippen LogP contribution in [0.4, 0.5) is 5.82 Å². The quantitative estimate of drug-likeness (QED) is 0.0719. The van der Waals surface area contributed by atoms with Crippen molar-refractivity contribution < 1.29 is 31.5 Å². The number of rotatable bonds is 15. The van der Waals surface area contributed by atoms with Crippen molar-refractivity contribution in [3.8, 4) is 12.1 Å². The van der Waals surface area contributed by atoms with Crippen LogP contribution in [0.2, 0.25) is 0 Å². The summed E-state index contributed by atoms with van der Waals surface area (Å²) in [6.45, 7) is 8.19. The molecule has 0 bridgehead atoms. The van der Waals surface area contributed by atoms with E-state index in [4.69, 9.17) is 21.4 Å². The molecule has 0 saturated heterocycles. The lowest BCUT2D eigenvalue weighted by molar-refractivity contribution is -0.143. The molecule has 18 nitrogen and oxygen atoms in total. The summed E-state index contributed by atoms with van der Waals surface area (Å²) < 4.78 is 53.6. The number of amides is 1. The number of carboxylic acids is 1. The number of nitrogens with two attached hydrogens (primary N) is 1. The van der Waals surface area contributed by atoms with Gasteiger partial charge in [-0.1, -0.05) is 62.1 Å². The summed E-state index contributed by atoms with van der Waals surface area (Å²) >= 11 is 0. The van der Waals surface area contributed by atoms with Crippen LogP contribution < -0.4 is 16.6 Å². The van der Waals surface area contributed by atoms with Gasteiger partial charge in [-0.05, 0) is 112 Å². The molecule has 4 aromatic heterocycles. The van der Waals surface area contributed by atoms with Gasteiger partial charge in [0, 0.05) is 37.7 Å². The molecule has 0 aliphatic heterocycles. The van der Waals surface area contributed by atoms with Crippen molar-refractivity contribution >= 4 is 60.1 Å². The van der Waals surface area contributed by atoms with Crippen LogP contribution >= 0.6 is 0 Å². The molecule has 2 saturated carbocycles. The molecule has 6 aromatic rings. The van der Waals surface area contributed by atoms with Crippen molar-refractivity contribution in [3.63, 3.8) is 0 Å². The van der Waals surface area contributed by atoms with Gasteiger partial charge in [0.25, 0.3) is 20.0 Å². The van der Waals surface area contributed by atoms with E-state index in [9.17, 15) is 26.4 Å². The van der Waals surface area contributed by atoms with Gasteiger partial charge in [0.15, 0.2) is 17.1 Å². The molecule has 4 heterocycles. The first-order valence-corrected chi connectivity index (χ1v) is 26.0. The molecular formula is C49H59N11O7S2. The number of nitriles is 2. The normalized spacial score (nSPS) is 19.9. The number of aryl methyl sites for hydroxylation is 2. The molecule has 2 aliphatic carbocycles. The molecular weight excluding hydrogens is 919 g/mol. The van der Waals surface area contributed by atoms with E-state index < -0.39 is 26.0 Å². The Balaban J connectivity index is 0.000000189. The first-order chi connectivity index (χ1) is 33.0. The SMILES string of the molecule is CC[C@@H]1C[C@H](CCC#N)C[C@@H]1C(=O)NNc1cnc2c(ccn2S(=O)(=O)c2ccc(C)cc2)n1.CC[C@@H]1C[C@H](CCC#N)C[C@@H]1C(=O)O.Cc1ccc(S(=O)(=O)n2ccc3nc(CN)cnc32)cc1. The highest BCUT2D eigenvalue weighted by Crippen LogP contribution is 2.41. The maximum Gasteiger partial charge on any atom is 0.306 e. The molecule has 0 radical (unpaired) electrons. The van der Waals surface area contributed by atoms with Crippen molar-refractivity contribution in [1.29, 1.82) is 10.5 Å². The molecule has 5 N–H and O–H groups in total. The molecule has 1 amide bonds. The summed E-state index contributed by atoms with van der Waals surface area (Å²) in [7, 11) is -7.48. The van der Waals surface area contributed by atoms with Crippen LogP contribution in [-0.4, -0.2) is 61.7 Å². The number of nitrogens with one attached hydrogen (secondary N) is 2. The fourth-order valence-corrected chi connectivity index (χ4v) is 11.8. The van der Waals surface area contributed by atoms with E-state index in [1.807, 2.05) is 20.8 Å². The van der Waals surface area contributed by atoms with Crippen LogP contribution in [0.3, 0.4) is 0 Å². The smallest absolute Gasteiger partial charge is 0.306 e. The Morgan fingerprint density at radius 1 is 0.710 bits per heavy atom. The monoisotopic (exact) mass is 977 g/mol. The first-order valence-electron chi connectivity index (χ1n) is 23.1. The molecule has 6 atom stereocenters. The van der Waals surface area contributed by atoms with Gasteiger partial charge in [0.2, 0.25) is 5.91 Å². The Bertz CT molecular complexity index is 3050. The van der Waals surface area contributed by atoms with E-state index in [0.29, 0.717) is 64.7 Å². The number of carbonyl (C=O) groups excluding carboxylic acids is 1. The van der Waals surface area contributed by atoms with Gasteiger partial charge in [0.05, 0.1) is 45.9 Å². The molecule has 2 fully saturated rings. The third kappa shape index (κ3) is 12.3. The minimum absolute atomic E-state index is 0.104. The average Bonchev–Trinajstić information content (AvgIpc) is 4.17. The van der Waals surface area contributed by atoms with Gasteiger partial charge >= 0.3 is 5.97 Å². The second kappa shape index (κ2) is 23.0. The third-order valence-electron chi connectivity index (χ3n) is 13.1. The van der Waals surface area contributed by atoms with Crippen molar-refractivity contribution in [3.05, 3.63) is 102 Å². The number of hydrogen-bond donors (Lipinski definition) is 4. The second-order valence-electron chi connectivity index (χ2n) is 17.7.